The molecule has 4 heteroatoms. The summed E-state index contributed by atoms with van der Waals surface area (Å²) in [4.78, 5) is 14.6. The van der Waals surface area contributed by atoms with Gasteiger partial charge in [0.25, 0.3) is 0 Å². The third kappa shape index (κ3) is 3.76. The minimum Gasteiger partial charge on any atom is -0.378 e. The molecule has 1 heterocycles. The van der Waals surface area contributed by atoms with Gasteiger partial charge >= 0.3 is 0 Å². The van der Waals surface area contributed by atoms with Gasteiger partial charge in [0.1, 0.15) is 0 Å². The van der Waals surface area contributed by atoms with Crippen molar-refractivity contribution in [2.75, 3.05) is 37.4 Å². The highest BCUT2D eigenvalue weighted by Gasteiger charge is 2.37. The molecule has 0 aromatic heterocycles. The van der Waals surface area contributed by atoms with Crippen LogP contribution in [0.4, 0.5) is 11.4 Å². The number of benzene rings is 1. The van der Waals surface area contributed by atoms with Crippen molar-refractivity contribution >= 4 is 17.3 Å². The maximum atomic E-state index is 12.6. The Kier molecular flexibility index (Phi) is 4.88. The van der Waals surface area contributed by atoms with Crippen LogP contribution in [0.15, 0.2) is 24.3 Å². The van der Waals surface area contributed by atoms with Crippen molar-refractivity contribution in [1.82, 2.24) is 5.32 Å². The highest BCUT2D eigenvalue weighted by Crippen LogP contribution is 2.33. The Morgan fingerprint density at radius 3 is 2.48 bits per heavy atom. The van der Waals surface area contributed by atoms with Crippen molar-refractivity contribution in [3.63, 3.8) is 0 Å². The van der Waals surface area contributed by atoms with Crippen molar-refractivity contribution < 1.29 is 4.79 Å². The van der Waals surface area contributed by atoms with Crippen LogP contribution in [0.3, 0.4) is 0 Å². The average molecular weight is 289 g/mol. The lowest BCUT2D eigenvalue weighted by Crippen LogP contribution is -2.44. The van der Waals surface area contributed by atoms with Gasteiger partial charge in [-0.25, -0.2) is 0 Å². The Hall–Kier alpha value is -1.55. The Bertz CT molecular complexity index is 473. The number of hydrogen-bond donors (Lipinski definition) is 2. The molecule has 4 nitrogen and oxygen atoms in total. The molecule has 116 valence electrons. The summed E-state index contributed by atoms with van der Waals surface area (Å²) < 4.78 is 0. The zero-order valence-corrected chi connectivity index (χ0v) is 13.6. The molecule has 1 aliphatic heterocycles. The van der Waals surface area contributed by atoms with E-state index in [4.69, 9.17) is 0 Å². The molecular formula is C17H27N3O. The van der Waals surface area contributed by atoms with Gasteiger partial charge in [0.2, 0.25) is 5.91 Å². The van der Waals surface area contributed by atoms with Gasteiger partial charge in [0.15, 0.2) is 0 Å². The van der Waals surface area contributed by atoms with E-state index in [1.807, 2.05) is 57.1 Å². The van der Waals surface area contributed by atoms with Gasteiger partial charge < -0.3 is 15.5 Å². The lowest BCUT2D eigenvalue weighted by Gasteiger charge is -2.36. The molecule has 0 spiro atoms. The number of piperidine rings is 1. The molecule has 2 N–H and O–H groups in total. The molecule has 1 amide bonds. The number of hydrogen-bond acceptors (Lipinski definition) is 3. The van der Waals surface area contributed by atoms with Gasteiger partial charge in [0, 0.05) is 30.9 Å². The fraction of sp³-hybridized carbons (Fsp3) is 0.588. The van der Waals surface area contributed by atoms with Crippen LogP contribution >= 0.6 is 0 Å². The Morgan fingerprint density at radius 2 is 1.95 bits per heavy atom. The van der Waals surface area contributed by atoms with E-state index in [0.717, 1.165) is 37.3 Å². The summed E-state index contributed by atoms with van der Waals surface area (Å²) in [6, 6.07) is 7.96. The quantitative estimate of drug-likeness (QED) is 0.896. The number of nitrogens with one attached hydrogen (secondary N) is 2. The molecule has 2 rings (SSSR count). The summed E-state index contributed by atoms with van der Waals surface area (Å²) in [5.41, 5.74) is 1.64. The molecule has 1 aromatic carbocycles. The minimum atomic E-state index is -0.354. The van der Waals surface area contributed by atoms with Gasteiger partial charge in [-0.05, 0) is 56.1 Å². The Balaban J connectivity index is 2.02. The number of carbonyl (C=O) groups is 1. The molecule has 1 aromatic rings. The number of nitrogens with zero attached hydrogens (tertiary/aromatic N) is 1. The summed E-state index contributed by atoms with van der Waals surface area (Å²) in [6.07, 6.45) is 2.27. The standard InChI is InChI=1S/C17H27N3O/c1-17(2,13-6-5-11-18-12-13)16(21)19-14-7-9-15(10-8-14)20(3)4/h7-10,13,18H,5-6,11-12H2,1-4H3,(H,19,21). The van der Waals surface area contributed by atoms with Crippen LogP contribution in [0.5, 0.6) is 0 Å². The van der Waals surface area contributed by atoms with E-state index in [1.165, 1.54) is 0 Å². The zero-order valence-electron chi connectivity index (χ0n) is 13.6. The number of rotatable bonds is 4. The largest absolute Gasteiger partial charge is 0.378 e. The fourth-order valence-corrected chi connectivity index (χ4v) is 2.79. The van der Waals surface area contributed by atoms with Crippen LogP contribution in [0.25, 0.3) is 0 Å². The fourth-order valence-electron chi connectivity index (χ4n) is 2.79. The van der Waals surface area contributed by atoms with Gasteiger partial charge in [-0.15, -0.1) is 0 Å². The number of amides is 1. The van der Waals surface area contributed by atoms with E-state index >= 15 is 0 Å². The van der Waals surface area contributed by atoms with E-state index in [1.54, 1.807) is 0 Å². The van der Waals surface area contributed by atoms with Gasteiger partial charge in [-0.1, -0.05) is 13.8 Å². The van der Waals surface area contributed by atoms with Gasteiger partial charge in [-0.3, -0.25) is 4.79 Å². The lowest BCUT2D eigenvalue weighted by molar-refractivity contribution is -0.127. The molecule has 21 heavy (non-hydrogen) atoms. The number of carbonyl (C=O) groups excluding carboxylic acids is 1. The Morgan fingerprint density at radius 1 is 1.29 bits per heavy atom. The first-order chi connectivity index (χ1) is 9.91. The maximum Gasteiger partial charge on any atom is 0.230 e. The average Bonchev–Trinajstić information content (AvgIpc) is 2.48. The first kappa shape index (κ1) is 15.8. The van der Waals surface area contributed by atoms with Gasteiger partial charge in [-0.2, -0.15) is 0 Å². The maximum absolute atomic E-state index is 12.6. The van der Waals surface area contributed by atoms with Crippen LogP contribution in [0.1, 0.15) is 26.7 Å². The predicted octanol–water partition coefficient (Wildman–Crippen LogP) is 2.72. The highest BCUT2D eigenvalue weighted by molar-refractivity contribution is 5.95. The van der Waals surface area contributed by atoms with Crippen molar-refractivity contribution in [3.8, 4) is 0 Å². The van der Waals surface area contributed by atoms with E-state index in [0.29, 0.717) is 5.92 Å². The molecule has 0 radical (unpaired) electrons. The monoisotopic (exact) mass is 289 g/mol. The molecule has 1 fully saturated rings. The molecule has 0 bridgehead atoms. The van der Waals surface area contributed by atoms with E-state index in [-0.39, 0.29) is 11.3 Å². The molecule has 1 atom stereocenters. The third-order valence-electron chi connectivity index (χ3n) is 4.54. The van der Waals surface area contributed by atoms with Crippen LogP contribution in [-0.4, -0.2) is 33.1 Å². The normalized spacial score (nSPS) is 19.1. The van der Waals surface area contributed by atoms with Crippen LogP contribution in [0, 0.1) is 11.3 Å². The van der Waals surface area contributed by atoms with Crippen LogP contribution in [0.2, 0.25) is 0 Å². The minimum absolute atomic E-state index is 0.105. The van der Waals surface area contributed by atoms with Crippen molar-refractivity contribution in [1.29, 1.82) is 0 Å². The van der Waals surface area contributed by atoms with Crippen molar-refractivity contribution in [3.05, 3.63) is 24.3 Å². The third-order valence-corrected chi connectivity index (χ3v) is 4.54. The summed E-state index contributed by atoms with van der Waals surface area (Å²) >= 11 is 0. The Labute approximate surface area is 127 Å². The molecule has 1 aliphatic rings. The van der Waals surface area contributed by atoms with Crippen molar-refractivity contribution in [2.24, 2.45) is 11.3 Å². The first-order valence-corrected chi connectivity index (χ1v) is 7.71. The first-order valence-electron chi connectivity index (χ1n) is 7.71. The lowest BCUT2D eigenvalue weighted by atomic mass is 9.74. The van der Waals surface area contributed by atoms with E-state index in [2.05, 4.69) is 10.6 Å². The second-order valence-electron chi connectivity index (χ2n) is 6.66. The smallest absolute Gasteiger partial charge is 0.230 e. The highest BCUT2D eigenvalue weighted by atomic mass is 16.2. The van der Waals surface area contributed by atoms with Crippen LogP contribution < -0.4 is 15.5 Å². The predicted molar refractivity (Wildman–Crippen MR) is 88.8 cm³/mol. The summed E-state index contributed by atoms with van der Waals surface area (Å²) in [7, 11) is 4.01. The second kappa shape index (κ2) is 6.48. The SMILES string of the molecule is CN(C)c1ccc(NC(=O)C(C)(C)C2CCCNC2)cc1. The molecule has 1 saturated heterocycles. The van der Waals surface area contributed by atoms with Gasteiger partial charge in [0.05, 0.1) is 0 Å². The van der Waals surface area contributed by atoms with E-state index in [9.17, 15) is 4.79 Å². The second-order valence-corrected chi connectivity index (χ2v) is 6.66. The number of anilines is 2. The molecule has 1 unspecified atom stereocenters. The van der Waals surface area contributed by atoms with E-state index < -0.39 is 0 Å². The molecular weight excluding hydrogens is 262 g/mol. The molecule has 0 aliphatic carbocycles. The zero-order chi connectivity index (χ0) is 15.5. The topological polar surface area (TPSA) is 44.4 Å². The summed E-state index contributed by atoms with van der Waals surface area (Å²) in [6.45, 7) is 6.10. The van der Waals surface area contributed by atoms with Crippen molar-refractivity contribution in [2.45, 2.75) is 26.7 Å². The molecule has 0 saturated carbocycles. The summed E-state index contributed by atoms with van der Waals surface area (Å²) in [5, 5.41) is 6.45. The summed E-state index contributed by atoms with van der Waals surface area (Å²) in [5.74, 6) is 0.501. The van der Waals surface area contributed by atoms with Crippen LogP contribution in [-0.2, 0) is 4.79 Å².